The Labute approximate surface area is 211 Å². The number of anilines is 1. The standard InChI is InChI=1S/C28H25F2N3O2S/c1-35-21-10-8-20(9-11-21)31-28(34)33-16-23-22-5-2-3-7-25(22)36-27(23)32-12-4-6-24(32)26(33)17-13-18(29)15-19(30)14-17/h4,6,8-15,26H,2-3,5,7,16H2,1H3,(H,31,34)/t26-/m1/s1. The van der Waals surface area contributed by atoms with Gasteiger partial charge in [0.1, 0.15) is 28.4 Å². The van der Waals surface area contributed by atoms with Crippen molar-refractivity contribution in [2.75, 3.05) is 12.4 Å². The number of nitrogens with zero attached hydrogens (tertiary/aromatic N) is 2. The number of nitrogens with one attached hydrogen (secondary N) is 1. The lowest BCUT2D eigenvalue weighted by atomic mass is 9.95. The van der Waals surface area contributed by atoms with E-state index >= 15 is 0 Å². The maximum Gasteiger partial charge on any atom is 0.322 e. The number of aromatic nitrogens is 1. The van der Waals surface area contributed by atoms with E-state index in [4.69, 9.17) is 4.74 Å². The van der Waals surface area contributed by atoms with E-state index in [0.29, 0.717) is 23.5 Å². The van der Waals surface area contributed by atoms with Crippen LogP contribution < -0.4 is 10.1 Å². The first-order chi connectivity index (χ1) is 17.5. The third-order valence-electron chi connectivity index (χ3n) is 6.98. The molecule has 1 aliphatic carbocycles. The minimum atomic E-state index is -0.678. The first-order valence-electron chi connectivity index (χ1n) is 12.0. The van der Waals surface area contributed by atoms with E-state index in [9.17, 15) is 13.6 Å². The summed E-state index contributed by atoms with van der Waals surface area (Å²) in [6.07, 6.45) is 6.28. The lowest BCUT2D eigenvalue weighted by molar-refractivity contribution is 0.194. The number of carbonyl (C=O) groups excluding carboxylic acids is 1. The highest BCUT2D eigenvalue weighted by atomic mass is 32.1. The molecule has 8 heteroatoms. The Morgan fingerprint density at radius 3 is 2.53 bits per heavy atom. The summed E-state index contributed by atoms with van der Waals surface area (Å²) in [5.74, 6) is -0.659. The highest BCUT2D eigenvalue weighted by molar-refractivity contribution is 7.15. The van der Waals surface area contributed by atoms with Crippen LogP contribution >= 0.6 is 11.3 Å². The molecule has 0 fully saturated rings. The van der Waals surface area contributed by atoms with Crippen molar-refractivity contribution in [2.45, 2.75) is 38.3 Å². The van der Waals surface area contributed by atoms with Crippen LogP contribution in [-0.2, 0) is 19.4 Å². The lowest BCUT2D eigenvalue weighted by Gasteiger charge is -2.31. The maximum absolute atomic E-state index is 14.4. The van der Waals surface area contributed by atoms with Gasteiger partial charge in [-0.2, -0.15) is 0 Å². The number of hydrogen-bond acceptors (Lipinski definition) is 3. The minimum Gasteiger partial charge on any atom is -0.497 e. The number of methoxy groups -OCH3 is 1. The number of benzene rings is 2. The van der Waals surface area contributed by atoms with Gasteiger partial charge in [0.15, 0.2) is 0 Å². The number of aryl methyl sites for hydroxylation is 1. The molecule has 6 rings (SSSR count). The molecule has 5 nitrogen and oxygen atoms in total. The Kier molecular flexibility index (Phi) is 5.76. The van der Waals surface area contributed by atoms with Crippen molar-refractivity contribution in [3.63, 3.8) is 0 Å². The predicted molar refractivity (Wildman–Crippen MR) is 136 cm³/mol. The van der Waals surface area contributed by atoms with Gasteiger partial charge in [-0.05, 0) is 85.3 Å². The highest BCUT2D eigenvalue weighted by Gasteiger charge is 2.36. The Bertz CT molecular complexity index is 1420. The van der Waals surface area contributed by atoms with Gasteiger partial charge in [0, 0.05) is 28.4 Å². The summed E-state index contributed by atoms with van der Waals surface area (Å²) >= 11 is 1.77. The maximum atomic E-state index is 14.4. The van der Waals surface area contributed by atoms with Gasteiger partial charge in [0.2, 0.25) is 0 Å². The number of hydrogen-bond donors (Lipinski definition) is 1. The largest absolute Gasteiger partial charge is 0.497 e. The van der Waals surface area contributed by atoms with E-state index < -0.39 is 17.7 Å². The van der Waals surface area contributed by atoms with Crippen LogP contribution in [-0.4, -0.2) is 22.6 Å². The van der Waals surface area contributed by atoms with E-state index in [1.807, 2.05) is 18.3 Å². The Morgan fingerprint density at radius 2 is 1.78 bits per heavy atom. The number of thiophene rings is 1. The highest BCUT2D eigenvalue weighted by Crippen LogP contribution is 2.44. The number of fused-ring (bicyclic) bond motifs is 5. The van der Waals surface area contributed by atoms with Crippen molar-refractivity contribution < 1.29 is 18.3 Å². The molecule has 36 heavy (non-hydrogen) atoms. The van der Waals surface area contributed by atoms with E-state index in [-0.39, 0.29) is 6.03 Å². The van der Waals surface area contributed by atoms with Crippen LogP contribution in [0.15, 0.2) is 60.8 Å². The van der Waals surface area contributed by atoms with Gasteiger partial charge in [-0.3, -0.25) is 0 Å². The van der Waals surface area contributed by atoms with Gasteiger partial charge in [-0.25, -0.2) is 13.6 Å². The van der Waals surface area contributed by atoms with Crippen molar-refractivity contribution in [3.05, 3.63) is 99.7 Å². The summed E-state index contributed by atoms with van der Waals surface area (Å²) in [6, 6.07) is 13.4. The summed E-state index contributed by atoms with van der Waals surface area (Å²) < 4.78 is 36.1. The van der Waals surface area contributed by atoms with Crippen LogP contribution in [0, 0.1) is 11.6 Å². The van der Waals surface area contributed by atoms with Gasteiger partial charge in [-0.1, -0.05) is 0 Å². The summed E-state index contributed by atoms with van der Waals surface area (Å²) in [7, 11) is 1.59. The van der Waals surface area contributed by atoms with Gasteiger partial charge >= 0.3 is 6.03 Å². The molecule has 4 aromatic rings. The molecule has 184 valence electrons. The molecule has 2 amide bonds. The molecule has 2 aromatic carbocycles. The molecule has 1 atom stereocenters. The molecular formula is C28H25F2N3O2S. The van der Waals surface area contributed by atoms with Crippen LogP contribution in [0.25, 0.3) is 5.00 Å². The van der Waals surface area contributed by atoms with Crippen LogP contribution in [0.4, 0.5) is 19.3 Å². The summed E-state index contributed by atoms with van der Waals surface area (Å²) in [5, 5.41) is 4.07. The van der Waals surface area contributed by atoms with E-state index in [1.165, 1.54) is 22.6 Å². The second kappa shape index (κ2) is 9.09. The van der Waals surface area contributed by atoms with Crippen LogP contribution in [0.5, 0.6) is 5.75 Å². The van der Waals surface area contributed by atoms with Gasteiger partial charge in [0.25, 0.3) is 0 Å². The van der Waals surface area contributed by atoms with Crippen molar-refractivity contribution in [1.29, 1.82) is 0 Å². The average Bonchev–Trinajstić information content (AvgIpc) is 3.45. The van der Waals surface area contributed by atoms with E-state index in [1.54, 1.807) is 47.6 Å². The second-order valence-corrected chi connectivity index (χ2v) is 10.3. The third kappa shape index (κ3) is 3.95. The fourth-order valence-corrected chi connectivity index (χ4v) is 6.74. The molecule has 2 aliphatic rings. The zero-order chi connectivity index (χ0) is 24.8. The van der Waals surface area contributed by atoms with Crippen molar-refractivity contribution in [3.8, 4) is 10.8 Å². The second-order valence-electron chi connectivity index (χ2n) is 9.19. The average molecular weight is 506 g/mol. The first kappa shape index (κ1) is 22.8. The van der Waals surface area contributed by atoms with Crippen LogP contribution in [0.1, 0.15) is 46.1 Å². The zero-order valence-electron chi connectivity index (χ0n) is 19.8. The monoisotopic (exact) mass is 505 g/mol. The van der Waals surface area contributed by atoms with E-state index in [2.05, 4.69) is 9.88 Å². The van der Waals surface area contributed by atoms with E-state index in [0.717, 1.165) is 48.0 Å². The van der Waals surface area contributed by atoms with Crippen molar-refractivity contribution in [1.82, 2.24) is 9.47 Å². The smallest absolute Gasteiger partial charge is 0.322 e. The number of halogens is 2. The van der Waals surface area contributed by atoms with Gasteiger partial charge < -0.3 is 19.5 Å². The molecule has 0 unspecified atom stereocenters. The summed E-state index contributed by atoms with van der Waals surface area (Å²) in [5.41, 5.74) is 4.23. The fourth-order valence-electron chi connectivity index (χ4n) is 5.34. The molecule has 3 heterocycles. The molecule has 0 radical (unpaired) electrons. The number of ether oxygens (including phenoxy) is 1. The first-order valence-corrected chi connectivity index (χ1v) is 12.8. The SMILES string of the molecule is COc1ccc(NC(=O)N2Cc3c(sc4c3CCCC4)-n3cccc3[C@H]2c2cc(F)cc(F)c2)cc1. The predicted octanol–water partition coefficient (Wildman–Crippen LogP) is 6.84. The van der Waals surface area contributed by atoms with Gasteiger partial charge in [0.05, 0.1) is 19.3 Å². The summed E-state index contributed by atoms with van der Waals surface area (Å²) in [4.78, 5) is 16.9. The molecule has 0 spiro atoms. The third-order valence-corrected chi connectivity index (χ3v) is 8.32. The topological polar surface area (TPSA) is 46.5 Å². The number of amides is 2. The molecular weight excluding hydrogens is 480 g/mol. The molecule has 0 saturated heterocycles. The number of urea groups is 1. The van der Waals surface area contributed by atoms with Crippen molar-refractivity contribution >= 4 is 23.1 Å². The van der Waals surface area contributed by atoms with Crippen LogP contribution in [0.2, 0.25) is 0 Å². The molecule has 1 aliphatic heterocycles. The number of carbonyl (C=O) groups is 1. The lowest BCUT2D eigenvalue weighted by Crippen LogP contribution is -2.38. The molecule has 1 N–H and O–H groups in total. The normalized spacial score (nSPS) is 16.5. The zero-order valence-corrected chi connectivity index (χ0v) is 20.6. The molecule has 2 aromatic heterocycles. The summed E-state index contributed by atoms with van der Waals surface area (Å²) in [6.45, 7) is 0.341. The Balaban J connectivity index is 1.49. The Hall–Kier alpha value is -3.65. The quantitative estimate of drug-likeness (QED) is 0.331. The molecule has 0 saturated carbocycles. The van der Waals surface area contributed by atoms with Gasteiger partial charge in [-0.15, -0.1) is 11.3 Å². The molecule has 0 bridgehead atoms. The fraction of sp³-hybridized carbons (Fsp3) is 0.250. The number of rotatable bonds is 3. The Morgan fingerprint density at radius 1 is 1.03 bits per heavy atom. The van der Waals surface area contributed by atoms with Crippen molar-refractivity contribution in [2.24, 2.45) is 0 Å². The van der Waals surface area contributed by atoms with Crippen LogP contribution in [0.3, 0.4) is 0 Å². The minimum absolute atomic E-state index is 0.341.